The zero-order valence-corrected chi connectivity index (χ0v) is 19.9. The molecule has 0 saturated carbocycles. The topological polar surface area (TPSA) is 81.7 Å². The monoisotopic (exact) mass is 475 g/mol. The standard InChI is InChI=1S/C23H21N7OS2/c1-28-13-15-9-14(12-24-21(15)27-28)18-10-16(19-3-4-25-29(19)2)17-11-20(33-22(17)26-18)23(31)30-5-7-32-8-6-30/h3-4,9-13H,5-8H2,1-2H3. The van der Waals surface area contributed by atoms with Gasteiger partial charge in [-0.25, -0.2) is 9.97 Å². The third-order valence-electron chi connectivity index (χ3n) is 5.88. The van der Waals surface area contributed by atoms with E-state index in [1.807, 2.05) is 60.0 Å². The van der Waals surface area contributed by atoms with Crippen molar-refractivity contribution < 1.29 is 4.79 Å². The SMILES string of the molecule is Cn1cc2cc(-c3cc(-c4ccnn4C)c4cc(C(=O)N5CCSCC5)sc4n3)cnc2n1. The first-order valence-electron chi connectivity index (χ1n) is 10.7. The van der Waals surface area contributed by atoms with Gasteiger partial charge in [0.1, 0.15) is 4.83 Å². The molecule has 6 heterocycles. The molecule has 166 valence electrons. The number of pyridine rings is 2. The molecule has 1 fully saturated rings. The average molecular weight is 476 g/mol. The van der Waals surface area contributed by atoms with Crippen molar-refractivity contribution in [2.75, 3.05) is 24.6 Å². The second-order valence-electron chi connectivity index (χ2n) is 8.07. The first-order valence-corrected chi connectivity index (χ1v) is 12.6. The summed E-state index contributed by atoms with van der Waals surface area (Å²) in [5, 5.41) is 10.7. The van der Waals surface area contributed by atoms with Crippen LogP contribution in [0.1, 0.15) is 9.67 Å². The van der Waals surface area contributed by atoms with Crippen LogP contribution < -0.4 is 0 Å². The second kappa shape index (κ2) is 7.96. The molecule has 1 saturated heterocycles. The molecule has 0 N–H and O–H groups in total. The number of carbonyl (C=O) groups is 1. The van der Waals surface area contributed by atoms with E-state index in [0.29, 0.717) is 5.65 Å². The molecule has 33 heavy (non-hydrogen) atoms. The highest BCUT2D eigenvalue weighted by Crippen LogP contribution is 2.37. The van der Waals surface area contributed by atoms with Gasteiger partial charge >= 0.3 is 0 Å². The molecule has 0 radical (unpaired) electrons. The van der Waals surface area contributed by atoms with Gasteiger partial charge in [-0.05, 0) is 24.3 Å². The van der Waals surface area contributed by atoms with Crippen molar-refractivity contribution in [3.05, 3.63) is 47.7 Å². The smallest absolute Gasteiger partial charge is 0.264 e. The third-order valence-corrected chi connectivity index (χ3v) is 7.84. The Morgan fingerprint density at radius 1 is 1.12 bits per heavy atom. The van der Waals surface area contributed by atoms with E-state index in [1.165, 1.54) is 11.3 Å². The molecule has 0 spiro atoms. The van der Waals surface area contributed by atoms with Crippen molar-refractivity contribution in [1.82, 2.24) is 34.4 Å². The Morgan fingerprint density at radius 2 is 1.97 bits per heavy atom. The lowest BCUT2D eigenvalue weighted by molar-refractivity contribution is 0.0777. The van der Waals surface area contributed by atoms with E-state index < -0.39 is 0 Å². The molecule has 0 bridgehead atoms. The number of aryl methyl sites for hydroxylation is 2. The van der Waals surface area contributed by atoms with Gasteiger partial charge in [-0.1, -0.05) is 0 Å². The first-order chi connectivity index (χ1) is 16.1. The lowest BCUT2D eigenvalue weighted by atomic mass is 10.0. The highest BCUT2D eigenvalue weighted by atomic mass is 32.2. The predicted octanol–water partition coefficient (Wildman–Crippen LogP) is 3.83. The average Bonchev–Trinajstić information content (AvgIpc) is 3.55. The largest absolute Gasteiger partial charge is 0.336 e. The van der Waals surface area contributed by atoms with E-state index in [2.05, 4.69) is 27.3 Å². The van der Waals surface area contributed by atoms with Crippen LogP contribution in [-0.4, -0.2) is 64.9 Å². The number of hydrogen-bond donors (Lipinski definition) is 0. The minimum Gasteiger partial charge on any atom is -0.336 e. The van der Waals surface area contributed by atoms with Crippen molar-refractivity contribution in [3.63, 3.8) is 0 Å². The molecule has 5 aromatic rings. The fraction of sp³-hybridized carbons (Fsp3) is 0.261. The maximum atomic E-state index is 13.2. The maximum absolute atomic E-state index is 13.2. The van der Waals surface area contributed by atoms with E-state index in [9.17, 15) is 4.79 Å². The van der Waals surface area contributed by atoms with Gasteiger partial charge in [-0.2, -0.15) is 22.0 Å². The zero-order chi connectivity index (χ0) is 22.5. The molecule has 0 aliphatic carbocycles. The van der Waals surface area contributed by atoms with E-state index in [-0.39, 0.29) is 5.91 Å². The molecular weight excluding hydrogens is 454 g/mol. The van der Waals surface area contributed by atoms with Crippen LogP contribution in [0.15, 0.2) is 42.9 Å². The van der Waals surface area contributed by atoms with Gasteiger partial charge in [0.05, 0.1) is 16.3 Å². The summed E-state index contributed by atoms with van der Waals surface area (Å²) in [6.45, 7) is 1.59. The number of hydrogen-bond acceptors (Lipinski definition) is 7. The van der Waals surface area contributed by atoms with Crippen LogP contribution in [0, 0.1) is 0 Å². The maximum Gasteiger partial charge on any atom is 0.264 e. The molecule has 5 aromatic heterocycles. The van der Waals surface area contributed by atoms with E-state index in [1.54, 1.807) is 10.9 Å². The van der Waals surface area contributed by atoms with Crippen LogP contribution in [-0.2, 0) is 14.1 Å². The molecule has 1 amide bonds. The highest BCUT2D eigenvalue weighted by Gasteiger charge is 2.23. The van der Waals surface area contributed by atoms with Gasteiger partial charge < -0.3 is 4.90 Å². The Kier molecular flexibility index (Phi) is 4.92. The molecule has 10 heteroatoms. The van der Waals surface area contributed by atoms with Crippen molar-refractivity contribution in [2.24, 2.45) is 14.1 Å². The summed E-state index contributed by atoms with van der Waals surface area (Å²) in [5.41, 5.74) is 4.41. The lowest BCUT2D eigenvalue weighted by Gasteiger charge is -2.25. The number of rotatable bonds is 3. The van der Waals surface area contributed by atoms with Crippen LogP contribution in [0.3, 0.4) is 0 Å². The Hall–Kier alpha value is -3.24. The summed E-state index contributed by atoms with van der Waals surface area (Å²) >= 11 is 3.35. The zero-order valence-electron chi connectivity index (χ0n) is 18.2. The lowest BCUT2D eigenvalue weighted by Crippen LogP contribution is -2.37. The molecule has 6 rings (SSSR count). The van der Waals surface area contributed by atoms with Gasteiger partial charge in [-0.15, -0.1) is 11.3 Å². The van der Waals surface area contributed by atoms with Crippen molar-refractivity contribution in [2.45, 2.75) is 0 Å². The summed E-state index contributed by atoms with van der Waals surface area (Å²) in [7, 11) is 3.81. The number of nitrogens with zero attached hydrogens (tertiary/aromatic N) is 7. The van der Waals surface area contributed by atoms with Crippen LogP contribution in [0.2, 0.25) is 0 Å². The van der Waals surface area contributed by atoms with Crippen molar-refractivity contribution >= 4 is 50.3 Å². The summed E-state index contributed by atoms with van der Waals surface area (Å²) in [4.78, 5) is 26.2. The van der Waals surface area contributed by atoms with Gasteiger partial charge in [0, 0.05) is 79.2 Å². The first kappa shape index (κ1) is 20.4. The molecule has 0 atom stereocenters. The quantitative estimate of drug-likeness (QED) is 0.394. The molecule has 8 nitrogen and oxygen atoms in total. The fourth-order valence-corrected chi connectivity index (χ4v) is 6.14. The van der Waals surface area contributed by atoms with Crippen molar-refractivity contribution in [3.8, 4) is 22.5 Å². The molecule has 1 aliphatic heterocycles. The van der Waals surface area contributed by atoms with Crippen molar-refractivity contribution in [1.29, 1.82) is 0 Å². The summed E-state index contributed by atoms with van der Waals surface area (Å²) in [6.07, 6.45) is 5.54. The molecule has 1 aliphatic rings. The normalized spacial score (nSPS) is 14.4. The summed E-state index contributed by atoms with van der Waals surface area (Å²) < 4.78 is 3.61. The Labute approximate surface area is 198 Å². The van der Waals surface area contributed by atoms with Gasteiger partial charge in [0.2, 0.25) is 0 Å². The van der Waals surface area contributed by atoms with Crippen LogP contribution in [0.5, 0.6) is 0 Å². The van der Waals surface area contributed by atoms with Gasteiger partial charge in [0.15, 0.2) is 5.65 Å². The summed E-state index contributed by atoms with van der Waals surface area (Å²) in [5.74, 6) is 2.07. The Balaban J connectivity index is 1.51. The third kappa shape index (κ3) is 3.59. The molecular formula is C23H21N7OS2. The van der Waals surface area contributed by atoms with E-state index >= 15 is 0 Å². The number of thiophene rings is 1. The molecule has 0 unspecified atom stereocenters. The van der Waals surface area contributed by atoms with E-state index in [4.69, 9.17) is 4.98 Å². The van der Waals surface area contributed by atoms with Crippen LogP contribution in [0.4, 0.5) is 0 Å². The minimum atomic E-state index is 0.0919. The Morgan fingerprint density at radius 3 is 2.76 bits per heavy atom. The second-order valence-corrected chi connectivity index (χ2v) is 10.3. The number of fused-ring (bicyclic) bond motifs is 2. The minimum absolute atomic E-state index is 0.0919. The highest BCUT2D eigenvalue weighted by molar-refractivity contribution is 7.99. The van der Waals surface area contributed by atoms with E-state index in [0.717, 1.165) is 67.6 Å². The summed E-state index contributed by atoms with van der Waals surface area (Å²) in [6, 6.07) is 8.10. The van der Waals surface area contributed by atoms with Gasteiger partial charge in [-0.3, -0.25) is 14.2 Å². The number of amides is 1. The van der Waals surface area contributed by atoms with Crippen LogP contribution >= 0.6 is 23.1 Å². The number of thioether (sulfide) groups is 1. The fourth-order valence-electron chi connectivity index (χ4n) is 4.21. The number of carbonyl (C=O) groups excluding carboxylic acids is 1. The predicted molar refractivity (Wildman–Crippen MR) is 133 cm³/mol. The Bertz CT molecular complexity index is 1510. The van der Waals surface area contributed by atoms with Crippen LogP contribution in [0.25, 0.3) is 43.8 Å². The number of aromatic nitrogens is 6. The molecule has 0 aromatic carbocycles. The van der Waals surface area contributed by atoms with Gasteiger partial charge in [0.25, 0.3) is 5.91 Å².